The van der Waals surface area contributed by atoms with Gasteiger partial charge in [0.2, 0.25) is 0 Å². The van der Waals surface area contributed by atoms with Crippen LogP contribution in [0, 0.1) is 0 Å². The monoisotopic (exact) mass is 273 g/mol. The Balaban J connectivity index is 2.37. The number of hydrogen-bond donors (Lipinski definition) is 1. The summed E-state index contributed by atoms with van der Waals surface area (Å²) in [7, 11) is 0. The van der Waals surface area contributed by atoms with Crippen LogP contribution >= 0.6 is 27.7 Å². The molecule has 2 N–H and O–H groups in total. The summed E-state index contributed by atoms with van der Waals surface area (Å²) in [5, 5.41) is 0. The summed E-state index contributed by atoms with van der Waals surface area (Å²) in [5.41, 5.74) is 5.94. The lowest BCUT2D eigenvalue weighted by atomic mass is 10.2. The van der Waals surface area contributed by atoms with Crippen LogP contribution in [0.1, 0.15) is 19.8 Å². The Hall–Kier alpha value is 0.01000. The van der Waals surface area contributed by atoms with E-state index in [1.165, 1.54) is 11.3 Å². The van der Waals surface area contributed by atoms with Gasteiger partial charge in [-0.15, -0.1) is 11.8 Å². The molecule has 14 heavy (non-hydrogen) atoms. The highest BCUT2D eigenvalue weighted by Gasteiger charge is 2.02. The molecule has 1 nitrogen and oxygen atoms in total. The molecule has 0 fully saturated rings. The van der Waals surface area contributed by atoms with Gasteiger partial charge < -0.3 is 5.73 Å². The highest BCUT2D eigenvalue weighted by molar-refractivity contribution is 9.10. The Labute approximate surface area is 98.6 Å². The number of thioether (sulfide) groups is 1. The standard InChI is InChI=1S/C11H16BrNS/c1-2-4-10(13)8-14-11-6-3-5-9(12)7-11/h3,5-7,10H,2,4,8,13H2,1H3/t10-/m1/s1. The van der Waals surface area contributed by atoms with Gasteiger partial charge in [-0.1, -0.05) is 35.3 Å². The molecule has 0 radical (unpaired) electrons. The second kappa shape index (κ2) is 6.49. The molecule has 0 aromatic heterocycles. The largest absolute Gasteiger partial charge is 0.327 e. The summed E-state index contributed by atoms with van der Waals surface area (Å²) in [4.78, 5) is 1.28. The highest BCUT2D eigenvalue weighted by atomic mass is 79.9. The van der Waals surface area contributed by atoms with E-state index in [4.69, 9.17) is 5.73 Å². The van der Waals surface area contributed by atoms with Crippen LogP contribution in [0.4, 0.5) is 0 Å². The second-order valence-corrected chi connectivity index (χ2v) is 5.33. The zero-order chi connectivity index (χ0) is 10.4. The minimum absolute atomic E-state index is 0.323. The molecule has 0 saturated carbocycles. The van der Waals surface area contributed by atoms with Crippen LogP contribution in [0.25, 0.3) is 0 Å². The first kappa shape index (κ1) is 12.1. The highest BCUT2D eigenvalue weighted by Crippen LogP contribution is 2.22. The molecule has 0 amide bonds. The quantitative estimate of drug-likeness (QED) is 0.829. The summed E-state index contributed by atoms with van der Waals surface area (Å²) in [6.45, 7) is 2.17. The van der Waals surface area contributed by atoms with E-state index in [-0.39, 0.29) is 0 Å². The maximum Gasteiger partial charge on any atom is 0.0186 e. The number of benzene rings is 1. The Morgan fingerprint density at radius 2 is 2.29 bits per heavy atom. The third-order valence-corrected chi connectivity index (χ3v) is 3.59. The number of hydrogen-bond acceptors (Lipinski definition) is 2. The van der Waals surface area contributed by atoms with Crippen LogP contribution < -0.4 is 5.73 Å². The Bertz CT molecular complexity index is 278. The molecule has 0 bridgehead atoms. The predicted molar refractivity (Wildman–Crippen MR) is 67.7 cm³/mol. The Kier molecular flexibility index (Phi) is 5.60. The predicted octanol–water partition coefficient (Wildman–Crippen LogP) is 3.67. The van der Waals surface area contributed by atoms with Crippen molar-refractivity contribution in [3.63, 3.8) is 0 Å². The summed E-state index contributed by atoms with van der Waals surface area (Å²) in [5.74, 6) is 1.00. The third-order valence-electron chi connectivity index (χ3n) is 1.92. The fraction of sp³-hybridized carbons (Fsp3) is 0.455. The molecule has 0 unspecified atom stereocenters. The van der Waals surface area contributed by atoms with E-state index in [2.05, 4.69) is 41.1 Å². The molecule has 1 atom stereocenters. The van der Waals surface area contributed by atoms with Gasteiger partial charge in [0.1, 0.15) is 0 Å². The maximum atomic E-state index is 5.94. The molecular formula is C11H16BrNS. The van der Waals surface area contributed by atoms with Gasteiger partial charge in [-0.2, -0.15) is 0 Å². The topological polar surface area (TPSA) is 26.0 Å². The van der Waals surface area contributed by atoms with Gasteiger partial charge in [0.25, 0.3) is 0 Å². The molecule has 78 valence electrons. The molecule has 1 aromatic rings. The summed E-state index contributed by atoms with van der Waals surface area (Å²) < 4.78 is 1.13. The molecule has 0 aliphatic carbocycles. The van der Waals surface area contributed by atoms with Gasteiger partial charge in [-0.3, -0.25) is 0 Å². The van der Waals surface area contributed by atoms with Crippen molar-refractivity contribution in [3.8, 4) is 0 Å². The van der Waals surface area contributed by atoms with Crippen LogP contribution in [-0.4, -0.2) is 11.8 Å². The van der Waals surface area contributed by atoms with E-state index in [0.29, 0.717) is 6.04 Å². The number of rotatable bonds is 5. The normalized spacial score (nSPS) is 12.8. The van der Waals surface area contributed by atoms with Gasteiger partial charge in [0, 0.05) is 21.2 Å². The fourth-order valence-electron chi connectivity index (χ4n) is 1.21. The summed E-state index contributed by atoms with van der Waals surface area (Å²) in [6, 6.07) is 8.66. The van der Waals surface area contributed by atoms with E-state index >= 15 is 0 Å². The molecule has 1 rings (SSSR count). The minimum Gasteiger partial charge on any atom is -0.327 e. The SMILES string of the molecule is CCC[C@@H](N)CSc1cccc(Br)c1. The average Bonchev–Trinajstić information content (AvgIpc) is 2.15. The fourth-order valence-corrected chi connectivity index (χ4v) is 2.72. The minimum atomic E-state index is 0.323. The lowest BCUT2D eigenvalue weighted by molar-refractivity contribution is 0.661. The van der Waals surface area contributed by atoms with Crippen LogP contribution in [-0.2, 0) is 0 Å². The molecule has 1 aromatic carbocycles. The van der Waals surface area contributed by atoms with E-state index in [1.54, 1.807) is 0 Å². The molecule has 0 aliphatic heterocycles. The third kappa shape index (κ3) is 4.49. The molecule has 0 aliphatic rings. The average molecular weight is 274 g/mol. The zero-order valence-electron chi connectivity index (χ0n) is 8.37. The van der Waals surface area contributed by atoms with Gasteiger partial charge in [-0.05, 0) is 24.6 Å². The molecular weight excluding hydrogens is 258 g/mol. The van der Waals surface area contributed by atoms with Crippen molar-refractivity contribution in [1.29, 1.82) is 0 Å². The molecule has 0 heterocycles. The van der Waals surface area contributed by atoms with Gasteiger partial charge in [0.05, 0.1) is 0 Å². The van der Waals surface area contributed by atoms with Crippen molar-refractivity contribution < 1.29 is 0 Å². The van der Waals surface area contributed by atoms with E-state index < -0.39 is 0 Å². The van der Waals surface area contributed by atoms with Crippen molar-refractivity contribution in [2.75, 3.05) is 5.75 Å². The van der Waals surface area contributed by atoms with E-state index in [0.717, 1.165) is 16.6 Å². The van der Waals surface area contributed by atoms with Gasteiger partial charge >= 0.3 is 0 Å². The van der Waals surface area contributed by atoms with Crippen LogP contribution in [0.2, 0.25) is 0 Å². The smallest absolute Gasteiger partial charge is 0.0186 e. The second-order valence-electron chi connectivity index (χ2n) is 3.32. The molecule has 0 spiro atoms. The van der Waals surface area contributed by atoms with Crippen molar-refractivity contribution >= 4 is 27.7 Å². The van der Waals surface area contributed by atoms with Crippen LogP contribution in [0.15, 0.2) is 33.6 Å². The summed E-state index contributed by atoms with van der Waals surface area (Å²) >= 11 is 5.28. The van der Waals surface area contributed by atoms with Crippen molar-refractivity contribution in [2.24, 2.45) is 5.73 Å². The molecule has 0 saturated heterocycles. The van der Waals surface area contributed by atoms with Crippen molar-refractivity contribution in [2.45, 2.75) is 30.7 Å². The lowest BCUT2D eigenvalue weighted by Gasteiger charge is -2.09. The van der Waals surface area contributed by atoms with Crippen LogP contribution in [0.3, 0.4) is 0 Å². The van der Waals surface area contributed by atoms with Crippen molar-refractivity contribution in [1.82, 2.24) is 0 Å². The molecule has 3 heteroatoms. The van der Waals surface area contributed by atoms with Gasteiger partial charge in [-0.25, -0.2) is 0 Å². The first-order chi connectivity index (χ1) is 6.72. The van der Waals surface area contributed by atoms with Crippen LogP contribution in [0.5, 0.6) is 0 Å². The van der Waals surface area contributed by atoms with E-state index in [9.17, 15) is 0 Å². The Morgan fingerprint density at radius 1 is 1.50 bits per heavy atom. The van der Waals surface area contributed by atoms with E-state index in [1.807, 2.05) is 17.8 Å². The lowest BCUT2D eigenvalue weighted by Crippen LogP contribution is -2.22. The summed E-state index contributed by atoms with van der Waals surface area (Å²) in [6.07, 6.45) is 2.28. The zero-order valence-corrected chi connectivity index (χ0v) is 10.8. The number of halogens is 1. The first-order valence-corrected chi connectivity index (χ1v) is 6.64. The first-order valence-electron chi connectivity index (χ1n) is 4.86. The number of nitrogens with two attached hydrogens (primary N) is 1. The van der Waals surface area contributed by atoms with Crippen molar-refractivity contribution in [3.05, 3.63) is 28.7 Å². The Morgan fingerprint density at radius 3 is 2.93 bits per heavy atom. The van der Waals surface area contributed by atoms with Gasteiger partial charge in [0.15, 0.2) is 0 Å². The maximum absolute atomic E-state index is 5.94.